The summed E-state index contributed by atoms with van der Waals surface area (Å²) >= 11 is 6.31. The summed E-state index contributed by atoms with van der Waals surface area (Å²) in [5, 5.41) is 1.56. The van der Waals surface area contributed by atoms with Crippen LogP contribution < -0.4 is 9.16 Å². The number of aryl methyl sites for hydroxylation is 1. The molecule has 6 heteroatoms. The minimum Gasteiger partial charge on any atom is -0.543 e. The van der Waals surface area contributed by atoms with E-state index in [1.54, 1.807) is 19.2 Å². The molecule has 0 N–H and O–H groups in total. The van der Waals surface area contributed by atoms with E-state index in [4.69, 9.17) is 20.8 Å². The first-order chi connectivity index (χ1) is 19.0. The summed E-state index contributed by atoms with van der Waals surface area (Å²) in [6.45, 7) is 15.8. The summed E-state index contributed by atoms with van der Waals surface area (Å²) in [5.74, 6) is 1.35. The van der Waals surface area contributed by atoms with E-state index < -0.39 is 8.32 Å². The highest BCUT2D eigenvalue weighted by Crippen LogP contribution is 2.43. The predicted molar refractivity (Wildman–Crippen MR) is 170 cm³/mol. The second-order valence-corrected chi connectivity index (χ2v) is 17.2. The molecule has 210 valence electrons. The number of benzene rings is 3. The third-order valence-electron chi connectivity index (χ3n) is 8.09. The second kappa shape index (κ2) is 12.2. The Kier molecular flexibility index (Phi) is 9.06. The first-order valence-corrected chi connectivity index (χ1v) is 16.6. The summed E-state index contributed by atoms with van der Waals surface area (Å²) in [7, 11) is -0.508. The highest BCUT2D eigenvalue weighted by atomic mass is 35.5. The predicted octanol–water partition coefficient (Wildman–Crippen LogP) is 9.91. The molecule has 0 fully saturated rings. The maximum Gasteiger partial charge on any atom is 0.258 e. The monoisotopic (exact) mass is 573 g/mol. The van der Waals surface area contributed by atoms with Gasteiger partial charge in [0.05, 0.1) is 12.6 Å². The lowest BCUT2D eigenvalue weighted by Gasteiger charge is -2.42. The van der Waals surface area contributed by atoms with Gasteiger partial charge in [0.25, 0.3) is 8.32 Å². The standard InChI is InChI=1S/C34H40ClNO3Si/c1-9-24-17-26(13-15-31(24)35)34(37)27-14-16-32-30(19-27)29(20-33(36-32)38-8)25-11-10-12-28(18-25)39-40(21(2)3,22(4)5)23(6)7/h10-23H,9H2,1-8H3. The average Bonchev–Trinajstić information content (AvgIpc) is 2.94. The maximum atomic E-state index is 13.5. The Morgan fingerprint density at radius 2 is 1.52 bits per heavy atom. The molecule has 4 rings (SSSR count). The number of nitrogens with zero attached hydrogens (tertiary/aromatic N) is 1. The highest BCUT2D eigenvalue weighted by molar-refractivity contribution is 6.78. The third kappa shape index (κ3) is 5.68. The van der Waals surface area contributed by atoms with Crippen LogP contribution in [0.15, 0.2) is 66.7 Å². The van der Waals surface area contributed by atoms with Gasteiger partial charge in [-0.15, -0.1) is 0 Å². The van der Waals surface area contributed by atoms with Crippen molar-refractivity contribution in [2.45, 2.75) is 71.5 Å². The van der Waals surface area contributed by atoms with Crippen molar-refractivity contribution < 1.29 is 14.0 Å². The van der Waals surface area contributed by atoms with Crippen molar-refractivity contribution in [2.75, 3.05) is 7.11 Å². The van der Waals surface area contributed by atoms with Crippen LogP contribution in [-0.4, -0.2) is 26.2 Å². The number of methoxy groups -OCH3 is 1. The van der Waals surface area contributed by atoms with E-state index in [-0.39, 0.29) is 5.78 Å². The van der Waals surface area contributed by atoms with Gasteiger partial charge in [-0.1, -0.05) is 72.2 Å². The summed E-state index contributed by atoms with van der Waals surface area (Å²) in [6, 6.07) is 21.3. The first-order valence-electron chi connectivity index (χ1n) is 14.1. The number of aromatic nitrogens is 1. The lowest BCUT2D eigenvalue weighted by molar-refractivity contribution is 0.103. The van der Waals surface area contributed by atoms with Gasteiger partial charge >= 0.3 is 0 Å². The maximum absolute atomic E-state index is 13.5. The molecule has 0 aliphatic carbocycles. The second-order valence-electron chi connectivity index (χ2n) is 11.4. The zero-order chi connectivity index (χ0) is 29.2. The van der Waals surface area contributed by atoms with Gasteiger partial charge in [0.2, 0.25) is 5.88 Å². The van der Waals surface area contributed by atoms with Crippen LogP contribution in [0.4, 0.5) is 0 Å². The minimum atomic E-state index is -2.13. The van der Waals surface area contributed by atoms with Gasteiger partial charge in [-0.3, -0.25) is 4.79 Å². The van der Waals surface area contributed by atoms with Crippen LogP contribution in [0.25, 0.3) is 22.0 Å². The number of carbonyl (C=O) groups is 1. The number of hydrogen-bond acceptors (Lipinski definition) is 4. The molecule has 0 atom stereocenters. The molecule has 40 heavy (non-hydrogen) atoms. The molecule has 3 aromatic carbocycles. The van der Waals surface area contributed by atoms with Gasteiger partial charge < -0.3 is 9.16 Å². The van der Waals surface area contributed by atoms with E-state index in [0.29, 0.717) is 38.7 Å². The topological polar surface area (TPSA) is 48.4 Å². The lowest BCUT2D eigenvalue weighted by atomic mass is 9.96. The number of fused-ring (bicyclic) bond motifs is 1. The number of carbonyl (C=O) groups excluding carboxylic acids is 1. The quantitative estimate of drug-likeness (QED) is 0.140. The van der Waals surface area contributed by atoms with Gasteiger partial charge in [0, 0.05) is 27.6 Å². The van der Waals surface area contributed by atoms with Gasteiger partial charge in [0.1, 0.15) is 5.75 Å². The van der Waals surface area contributed by atoms with E-state index in [1.807, 2.05) is 43.3 Å². The fourth-order valence-corrected chi connectivity index (χ4v) is 11.6. The van der Waals surface area contributed by atoms with Gasteiger partial charge in [-0.2, -0.15) is 0 Å². The largest absolute Gasteiger partial charge is 0.543 e. The lowest BCUT2D eigenvalue weighted by Crippen LogP contribution is -2.50. The summed E-state index contributed by atoms with van der Waals surface area (Å²) in [6.07, 6.45) is 0.762. The van der Waals surface area contributed by atoms with Crippen LogP contribution >= 0.6 is 11.6 Å². The molecule has 0 radical (unpaired) electrons. The average molecular weight is 574 g/mol. The third-order valence-corrected chi connectivity index (χ3v) is 14.5. The van der Waals surface area contributed by atoms with E-state index in [9.17, 15) is 4.79 Å². The molecule has 0 saturated heterocycles. The van der Waals surface area contributed by atoms with Crippen molar-refractivity contribution in [3.8, 4) is 22.8 Å². The van der Waals surface area contributed by atoms with Crippen molar-refractivity contribution in [2.24, 2.45) is 0 Å². The number of hydrogen-bond donors (Lipinski definition) is 0. The van der Waals surface area contributed by atoms with E-state index in [1.165, 1.54) is 0 Å². The molecule has 0 unspecified atom stereocenters. The van der Waals surface area contributed by atoms with E-state index >= 15 is 0 Å². The van der Waals surface area contributed by atoms with Crippen molar-refractivity contribution in [3.05, 3.63) is 88.4 Å². The van der Waals surface area contributed by atoms with Crippen LogP contribution in [0.1, 0.15) is 70.0 Å². The minimum absolute atomic E-state index is 0.0475. The Labute approximate surface area is 244 Å². The highest BCUT2D eigenvalue weighted by Gasteiger charge is 2.47. The molecule has 0 bridgehead atoms. The van der Waals surface area contributed by atoms with Gasteiger partial charge in [-0.25, -0.2) is 4.98 Å². The Bertz CT molecular complexity index is 1510. The molecular formula is C34H40ClNO3Si. The fourth-order valence-electron chi connectivity index (χ4n) is 6.12. The molecule has 4 nitrogen and oxygen atoms in total. The summed E-state index contributed by atoms with van der Waals surface area (Å²) in [5.41, 5.74) is 6.27. The van der Waals surface area contributed by atoms with E-state index in [2.05, 4.69) is 64.7 Å². The molecule has 0 amide bonds. The molecule has 1 heterocycles. The number of halogens is 1. The summed E-state index contributed by atoms with van der Waals surface area (Å²) in [4.78, 5) is 18.2. The molecule has 0 aliphatic heterocycles. The molecule has 0 aliphatic rings. The van der Waals surface area contributed by atoms with Crippen LogP contribution in [0.5, 0.6) is 11.6 Å². The number of ketones is 1. The van der Waals surface area contributed by atoms with Crippen molar-refractivity contribution >= 4 is 36.6 Å². The Balaban J connectivity index is 1.83. The number of pyridine rings is 1. The van der Waals surface area contributed by atoms with Crippen LogP contribution in [0.3, 0.4) is 0 Å². The van der Waals surface area contributed by atoms with E-state index in [0.717, 1.165) is 39.8 Å². The smallest absolute Gasteiger partial charge is 0.258 e. The molecule has 1 aromatic heterocycles. The normalized spacial score (nSPS) is 12.0. The first kappa shape index (κ1) is 29.8. The van der Waals surface area contributed by atoms with Crippen molar-refractivity contribution in [1.82, 2.24) is 4.98 Å². The summed E-state index contributed by atoms with van der Waals surface area (Å²) < 4.78 is 12.6. The molecule has 0 saturated carbocycles. The number of rotatable bonds is 10. The van der Waals surface area contributed by atoms with Crippen LogP contribution in [0, 0.1) is 0 Å². The Morgan fingerprint density at radius 3 is 2.15 bits per heavy atom. The fraction of sp³-hybridized carbons (Fsp3) is 0.353. The zero-order valence-electron chi connectivity index (χ0n) is 24.8. The number of ether oxygens (including phenoxy) is 1. The Morgan fingerprint density at radius 1 is 0.875 bits per heavy atom. The zero-order valence-corrected chi connectivity index (χ0v) is 26.6. The van der Waals surface area contributed by atoms with Gasteiger partial charge in [0.15, 0.2) is 5.78 Å². The molecule has 4 aromatic rings. The molecular weight excluding hydrogens is 534 g/mol. The van der Waals surface area contributed by atoms with Gasteiger partial charge in [-0.05, 0) is 88.3 Å². The SMILES string of the molecule is CCc1cc(C(=O)c2ccc3nc(OC)cc(-c4cccc(O[Si](C(C)C)(C(C)C)C(C)C)c4)c3c2)ccc1Cl. The Hall–Kier alpha value is -3.15. The van der Waals surface area contributed by atoms with Crippen LogP contribution in [-0.2, 0) is 6.42 Å². The van der Waals surface area contributed by atoms with Crippen molar-refractivity contribution in [1.29, 1.82) is 0 Å². The van der Waals surface area contributed by atoms with Crippen molar-refractivity contribution in [3.63, 3.8) is 0 Å². The molecule has 0 spiro atoms. The van der Waals surface area contributed by atoms with Crippen LogP contribution in [0.2, 0.25) is 21.6 Å².